The quantitative estimate of drug-likeness (QED) is 0.879. The van der Waals surface area contributed by atoms with Crippen LogP contribution in [0.3, 0.4) is 0 Å². The first kappa shape index (κ1) is 12.2. The van der Waals surface area contributed by atoms with Gasteiger partial charge in [-0.25, -0.2) is 4.79 Å². The fraction of sp³-hybridized carbons (Fsp3) is 0.462. The molecule has 2 atom stereocenters. The molecule has 1 aliphatic heterocycles. The van der Waals surface area contributed by atoms with E-state index in [1.165, 1.54) is 10.5 Å². The van der Waals surface area contributed by atoms with Crippen molar-refractivity contribution in [3.8, 4) is 0 Å². The first-order valence-electron chi connectivity index (χ1n) is 5.80. The van der Waals surface area contributed by atoms with Crippen molar-refractivity contribution in [1.82, 2.24) is 4.90 Å². The molecule has 0 spiro atoms. The van der Waals surface area contributed by atoms with Gasteiger partial charge in [0.2, 0.25) is 0 Å². The second-order valence-electron chi connectivity index (χ2n) is 4.72. The van der Waals surface area contributed by atoms with E-state index in [1.54, 1.807) is 0 Å². The number of rotatable bonds is 2. The van der Waals surface area contributed by atoms with Gasteiger partial charge in [0.25, 0.3) is 0 Å². The highest BCUT2D eigenvalue weighted by Crippen LogP contribution is 2.26. The molecule has 92 valence electrons. The van der Waals surface area contributed by atoms with Gasteiger partial charge in [-0.1, -0.05) is 23.7 Å². The summed E-state index contributed by atoms with van der Waals surface area (Å²) in [6.07, 6.45) is 1.05. The van der Waals surface area contributed by atoms with Gasteiger partial charge in [-0.3, -0.25) is 0 Å². The Morgan fingerprint density at radius 1 is 1.47 bits per heavy atom. The molecule has 1 N–H and O–H groups in total. The van der Waals surface area contributed by atoms with Crippen LogP contribution in [-0.4, -0.2) is 28.7 Å². The lowest BCUT2D eigenvalue weighted by molar-refractivity contribution is 0.142. The molecule has 1 aromatic rings. The Morgan fingerprint density at radius 2 is 2.12 bits per heavy atom. The van der Waals surface area contributed by atoms with Crippen LogP contribution in [0.25, 0.3) is 0 Å². The fourth-order valence-corrected chi connectivity index (χ4v) is 2.64. The van der Waals surface area contributed by atoms with Crippen LogP contribution in [0.2, 0.25) is 5.02 Å². The summed E-state index contributed by atoms with van der Waals surface area (Å²) in [5, 5.41) is 9.75. The van der Waals surface area contributed by atoms with Crippen LogP contribution in [0.4, 0.5) is 4.79 Å². The number of amides is 1. The number of hydrogen-bond acceptors (Lipinski definition) is 1. The second kappa shape index (κ2) is 4.96. The van der Waals surface area contributed by atoms with E-state index in [-0.39, 0.29) is 6.04 Å². The molecule has 1 heterocycles. The highest BCUT2D eigenvalue weighted by atomic mass is 35.5. The Kier molecular flexibility index (Phi) is 3.57. The highest BCUT2D eigenvalue weighted by Gasteiger charge is 2.31. The minimum Gasteiger partial charge on any atom is -0.465 e. The Bertz CT molecular complexity index is 404. The fourth-order valence-electron chi connectivity index (χ4n) is 2.51. The van der Waals surface area contributed by atoms with Crippen molar-refractivity contribution in [2.75, 3.05) is 6.54 Å². The number of nitrogens with zero attached hydrogens (tertiary/aromatic N) is 1. The maximum Gasteiger partial charge on any atom is 0.407 e. The van der Waals surface area contributed by atoms with Crippen LogP contribution >= 0.6 is 11.6 Å². The third-order valence-electron chi connectivity index (χ3n) is 3.34. The van der Waals surface area contributed by atoms with E-state index in [4.69, 9.17) is 16.7 Å². The SMILES string of the molecule is C[C@@H]1C[C@H](Cc2ccc(Cl)cc2)CN1C(=O)O. The van der Waals surface area contributed by atoms with Crippen LogP contribution < -0.4 is 0 Å². The summed E-state index contributed by atoms with van der Waals surface area (Å²) in [6.45, 7) is 2.61. The molecule has 1 saturated heterocycles. The molecule has 0 aromatic heterocycles. The van der Waals surface area contributed by atoms with Crippen molar-refractivity contribution in [3.05, 3.63) is 34.9 Å². The number of likely N-dealkylation sites (tertiary alicyclic amines) is 1. The van der Waals surface area contributed by atoms with Crippen LogP contribution in [0.1, 0.15) is 18.9 Å². The van der Waals surface area contributed by atoms with E-state index in [9.17, 15) is 4.79 Å². The molecule has 17 heavy (non-hydrogen) atoms. The standard InChI is InChI=1S/C13H16ClNO2/c1-9-6-11(8-15(9)13(16)17)7-10-2-4-12(14)5-3-10/h2-5,9,11H,6-8H2,1H3,(H,16,17)/t9-,11-/m1/s1. The van der Waals surface area contributed by atoms with Crippen LogP contribution in [0, 0.1) is 5.92 Å². The van der Waals surface area contributed by atoms with Crippen molar-refractivity contribution >= 4 is 17.7 Å². The zero-order valence-corrected chi connectivity index (χ0v) is 10.5. The lowest BCUT2D eigenvalue weighted by atomic mass is 9.97. The van der Waals surface area contributed by atoms with Gasteiger partial charge in [0.05, 0.1) is 0 Å². The highest BCUT2D eigenvalue weighted by molar-refractivity contribution is 6.30. The molecular formula is C13H16ClNO2. The minimum absolute atomic E-state index is 0.129. The molecule has 3 nitrogen and oxygen atoms in total. The summed E-state index contributed by atoms with van der Waals surface area (Å²) < 4.78 is 0. The van der Waals surface area contributed by atoms with Gasteiger partial charge in [-0.05, 0) is 43.4 Å². The molecule has 1 aromatic carbocycles. The number of carbonyl (C=O) groups is 1. The van der Waals surface area contributed by atoms with Crippen LogP contribution in [0.5, 0.6) is 0 Å². The summed E-state index contributed by atoms with van der Waals surface area (Å²) in [5.41, 5.74) is 1.22. The second-order valence-corrected chi connectivity index (χ2v) is 5.15. The molecular weight excluding hydrogens is 238 g/mol. The third-order valence-corrected chi connectivity index (χ3v) is 3.60. The average Bonchev–Trinajstić information content (AvgIpc) is 2.63. The van der Waals surface area contributed by atoms with E-state index in [1.807, 2.05) is 31.2 Å². The monoisotopic (exact) mass is 253 g/mol. The lowest BCUT2D eigenvalue weighted by Crippen LogP contribution is -2.32. The van der Waals surface area contributed by atoms with Gasteiger partial charge in [-0.2, -0.15) is 0 Å². The zero-order valence-electron chi connectivity index (χ0n) is 9.77. The largest absolute Gasteiger partial charge is 0.465 e. The average molecular weight is 254 g/mol. The molecule has 0 unspecified atom stereocenters. The molecule has 4 heteroatoms. The molecule has 1 amide bonds. The van der Waals surface area contributed by atoms with E-state index in [0.29, 0.717) is 12.5 Å². The summed E-state index contributed by atoms with van der Waals surface area (Å²) in [7, 11) is 0. The number of carboxylic acid groups (broad SMARTS) is 1. The van der Waals surface area contributed by atoms with Crippen molar-refractivity contribution in [2.45, 2.75) is 25.8 Å². The van der Waals surface area contributed by atoms with E-state index in [0.717, 1.165) is 17.9 Å². The van der Waals surface area contributed by atoms with Crippen LogP contribution in [-0.2, 0) is 6.42 Å². The first-order chi connectivity index (χ1) is 8.06. The molecule has 0 saturated carbocycles. The van der Waals surface area contributed by atoms with E-state index < -0.39 is 6.09 Å². The molecule has 1 aliphatic rings. The number of halogens is 1. The van der Waals surface area contributed by atoms with Crippen molar-refractivity contribution < 1.29 is 9.90 Å². The van der Waals surface area contributed by atoms with Crippen molar-refractivity contribution in [3.63, 3.8) is 0 Å². The van der Waals surface area contributed by atoms with Gasteiger partial charge < -0.3 is 10.0 Å². The van der Waals surface area contributed by atoms with Crippen molar-refractivity contribution in [1.29, 1.82) is 0 Å². The van der Waals surface area contributed by atoms with Crippen molar-refractivity contribution in [2.24, 2.45) is 5.92 Å². The summed E-state index contributed by atoms with van der Waals surface area (Å²) in [6, 6.07) is 7.91. The summed E-state index contributed by atoms with van der Waals surface area (Å²) in [5.74, 6) is 0.419. The molecule has 0 radical (unpaired) electrons. The molecule has 2 rings (SSSR count). The zero-order chi connectivity index (χ0) is 12.4. The lowest BCUT2D eigenvalue weighted by Gasteiger charge is -2.16. The molecule has 1 fully saturated rings. The Balaban J connectivity index is 1.97. The Hall–Kier alpha value is -1.22. The smallest absolute Gasteiger partial charge is 0.407 e. The molecule has 0 bridgehead atoms. The van der Waals surface area contributed by atoms with Gasteiger partial charge in [-0.15, -0.1) is 0 Å². The van der Waals surface area contributed by atoms with E-state index in [2.05, 4.69) is 0 Å². The predicted octanol–water partition coefficient (Wildman–Crippen LogP) is 3.27. The van der Waals surface area contributed by atoms with Gasteiger partial charge in [0.1, 0.15) is 0 Å². The maximum absolute atomic E-state index is 11.0. The van der Waals surface area contributed by atoms with E-state index >= 15 is 0 Å². The molecule has 0 aliphatic carbocycles. The maximum atomic E-state index is 11.0. The topological polar surface area (TPSA) is 40.5 Å². The summed E-state index contributed by atoms with van der Waals surface area (Å²) in [4.78, 5) is 12.5. The normalized spacial score (nSPS) is 24.0. The van der Waals surface area contributed by atoms with Gasteiger partial charge in [0, 0.05) is 17.6 Å². The van der Waals surface area contributed by atoms with Gasteiger partial charge >= 0.3 is 6.09 Å². The Morgan fingerprint density at radius 3 is 2.65 bits per heavy atom. The first-order valence-corrected chi connectivity index (χ1v) is 6.18. The Labute approximate surface area is 106 Å². The van der Waals surface area contributed by atoms with Gasteiger partial charge in [0.15, 0.2) is 0 Å². The number of hydrogen-bond donors (Lipinski definition) is 1. The third kappa shape index (κ3) is 2.91. The van der Waals surface area contributed by atoms with Crippen LogP contribution in [0.15, 0.2) is 24.3 Å². The summed E-state index contributed by atoms with van der Waals surface area (Å²) >= 11 is 5.83. The minimum atomic E-state index is -0.809. The predicted molar refractivity (Wildman–Crippen MR) is 67.5 cm³/mol. The number of benzene rings is 1.